The summed E-state index contributed by atoms with van der Waals surface area (Å²) in [5.41, 5.74) is 3.10. The maximum Gasteiger partial charge on any atom is 0.251 e. The van der Waals surface area contributed by atoms with Gasteiger partial charge in [-0.05, 0) is 48.5 Å². The third-order valence-electron chi connectivity index (χ3n) is 6.75. The minimum Gasteiger partial charge on any atom is -0.489 e. The van der Waals surface area contributed by atoms with Crippen LogP contribution in [0.25, 0.3) is 11.4 Å². The van der Waals surface area contributed by atoms with Gasteiger partial charge in [-0.3, -0.25) is 4.90 Å². The first kappa shape index (κ1) is 25.8. The Morgan fingerprint density at radius 2 is 1.82 bits per heavy atom. The van der Waals surface area contributed by atoms with Gasteiger partial charge in [0.05, 0.1) is 25.3 Å². The van der Waals surface area contributed by atoms with Crippen LogP contribution < -0.4 is 15.0 Å². The topological polar surface area (TPSA) is 86.5 Å². The summed E-state index contributed by atoms with van der Waals surface area (Å²) in [7, 11) is 0. The van der Waals surface area contributed by atoms with Gasteiger partial charge in [-0.1, -0.05) is 0 Å². The van der Waals surface area contributed by atoms with Crippen LogP contribution in [0.4, 0.5) is 26.0 Å². The number of piperazine rings is 1. The molecule has 38 heavy (non-hydrogen) atoms. The van der Waals surface area contributed by atoms with E-state index in [0.29, 0.717) is 49.3 Å². The van der Waals surface area contributed by atoms with Crippen LogP contribution in [-0.4, -0.2) is 73.3 Å². The first-order valence-electron chi connectivity index (χ1n) is 12.8. The van der Waals surface area contributed by atoms with Crippen LogP contribution >= 0.6 is 0 Å². The zero-order valence-electron chi connectivity index (χ0n) is 21.0. The fraction of sp³-hybridized carbons (Fsp3) is 0.393. The SMILES string of the molecule is N#Cc1cc(-c2nccc(Nc3ccc(N4CCN(CC(F)F)CC4)cc3)n2)ccc1OC1CCOCC1. The smallest absolute Gasteiger partial charge is 0.251 e. The molecule has 198 valence electrons. The fourth-order valence-corrected chi connectivity index (χ4v) is 4.69. The number of benzene rings is 2. The Kier molecular flexibility index (Phi) is 8.26. The van der Waals surface area contributed by atoms with Gasteiger partial charge in [0.25, 0.3) is 6.43 Å². The second-order valence-corrected chi connectivity index (χ2v) is 9.37. The molecule has 1 N–H and O–H groups in total. The number of hydrogen-bond donors (Lipinski definition) is 1. The van der Waals surface area contributed by atoms with E-state index in [0.717, 1.165) is 42.9 Å². The van der Waals surface area contributed by atoms with E-state index < -0.39 is 6.43 Å². The summed E-state index contributed by atoms with van der Waals surface area (Å²) >= 11 is 0. The van der Waals surface area contributed by atoms with E-state index in [-0.39, 0.29) is 12.6 Å². The Morgan fingerprint density at radius 1 is 1.05 bits per heavy atom. The van der Waals surface area contributed by atoms with Gasteiger partial charge in [-0.25, -0.2) is 18.7 Å². The van der Waals surface area contributed by atoms with Gasteiger partial charge >= 0.3 is 0 Å². The van der Waals surface area contributed by atoms with Crippen molar-refractivity contribution in [2.24, 2.45) is 0 Å². The van der Waals surface area contributed by atoms with Crippen LogP contribution in [0.2, 0.25) is 0 Å². The molecule has 0 unspecified atom stereocenters. The summed E-state index contributed by atoms with van der Waals surface area (Å²) in [6.45, 7) is 3.87. The number of anilines is 3. The second-order valence-electron chi connectivity index (χ2n) is 9.37. The standard InChI is InChI=1S/C28H30F2N6O2/c29-26(30)19-35-11-13-36(14-12-35)23-4-2-22(3-5-23)33-27-7-10-32-28(34-27)20-1-6-25(21(17-20)18-31)38-24-8-15-37-16-9-24/h1-7,10,17,24,26H,8-9,11-16,19H2,(H,32,33,34). The molecule has 3 heterocycles. The summed E-state index contributed by atoms with van der Waals surface area (Å²) in [6, 6.07) is 17.4. The van der Waals surface area contributed by atoms with Crippen molar-refractivity contribution in [3.63, 3.8) is 0 Å². The number of nitriles is 1. The van der Waals surface area contributed by atoms with Crippen LogP contribution in [-0.2, 0) is 4.74 Å². The minimum absolute atomic E-state index is 0.0481. The van der Waals surface area contributed by atoms with E-state index in [1.54, 1.807) is 29.3 Å². The molecule has 2 saturated heterocycles. The lowest BCUT2D eigenvalue weighted by atomic mass is 10.1. The highest BCUT2D eigenvalue weighted by atomic mass is 19.3. The molecule has 2 fully saturated rings. The van der Waals surface area contributed by atoms with Crippen LogP contribution in [0.5, 0.6) is 5.75 Å². The van der Waals surface area contributed by atoms with E-state index in [9.17, 15) is 14.0 Å². The molecule has 2 aliphatic rings. The summed E-state index contributed by atoms with van der Waals surface area (Å²) in [5.74, 6) is 1.69. The number of ether oxygens (including phenoxy) is 2. The van der Waals surface area contributed by atoms with Gasteiger partial charge in [-0.15, -0.1) is 0 Å². The predicted octanol–water partition coefficient (Wildman–Crippen LogP) is 4.70. The highest BCUT2D eigenvalue weighted by Gasteiger charge is 2.20. The lowest BCUT2D eigenvalue weighted by Crippen LogP contribution is -2.47. The molecule has 8 nitrogen and oxygen atoms in total. The molecule has 0 spiro atoms. The summed E-state index contributed by atoms with van der Waals surface area (Å²) in [5, 5.41) is 13.0. The van der Waals surface area contributed by atoms with Crippen LogP contribution in [0, 0.1) is 11.3 Å². The summed E-state index contributed by atoms with van der Waals surface area (Å²) in [6.07, 6.45) is 1.05. The largest absolute Gasteiger partial charge is 0.489 e. The van der Waals surface area contributed by atoms with Gasteiger partial charge in [-0.2, -0.15) is 5.26 Å². The zero-order valence-corrected chi connectivity index (χ0v) is 21.0. The van der Waals surface area contributed by atoms with Crippen molar-refractivity contribution in [1.29, 1.82) is 5.26 Å². The maximum absolute atomic E-state index is 12.6. The van der Waals surface area contributed by atoms with Crippen molar-refractivity contribution >= 4 is 17.2 Å². The van der Waals surface area contributed by atoms with Crippen molar-refractivity contribution in [3.8, 4) is 23.2 Å². The molecular weight excluding hydrogens is 490 g/mol. The lowest BCUT2D eigenvalue weighted by molar-refractivity contribution is 0.0254. The maximum atomic E-state index is 12.6. The Labute approximate surface area is 220 Å². The molecule has 0 amide bonds. The number of aromatic nitrogens is 2. The fourth-order valence-electron chi connectivity index (χ4n) is 4.69. The van der Waals surface area contributed by atoms with Crippen molar-refractivity contribution in [1.82, 2.24) is 14.9 Å². The average Bonchev–Trinajstić information content (AvgIpc) is 2.94. The van der Waals surface area contributed by atoms with E-state index in [1.165, 1.54) is 0 Å². The van der Waals surface area contributed by atoms with E-state index in [4.69, 9.17) is 9.47 Å². The first-order valence-corrected chi connectivity index (χ1v) is 12.8. The number of hydrogen-bond acceptors (Lipinski definition) is 8. The monoisotopic (exact) mass is 520 g/mol. The minimum atomic E-state index is -2.29. The number of rotatable bonds is 8. The van der Waals surface area contributed by atoms with Crippen molar-refractivity contribution in [2.45, 2.75) is 25.4 Å². The molecule has 10 heteroatoms. The molecule has 0 bridgehead atoms. The average molecular weight is 521 g/mol. The highest BCUT2D eigenvalue weighted by molar-refractivity contribution is 5.65. The van der Waals surface area contributed by atoms with Gasteiger partial charge in [0, 0.05) is 62.2 Å². The van der Waals surface area contributed by atoms with Crippen molar-refractivity contribution in [2.75, 3.05) is 56.2 Å². The molecule has 0 atom stereocenters. The van der Waals surface area contributed by atoms with Crippen LogP contribution in [0.3, 0.4) is 0 Å². The van der Waals surface area contributed by atoms with Gasteiger partial charge in [0.15, 0.2) is 5.82 Å². The Balaban J connectivity index is 1.22. The molecule has 0 aliphatic carbocycles. The number of alkyl halides is 2. The second kappa shape index (κ2) is 12.2. The molecule has 0 radical (unpaired) electrons. The van der Waals surface area contributed by atoms with Crippen molar-refractivity contribution in [3.05, 3.63) is 60.3 Å². The molecule has 0 saturated carbocycles. The van der Waals surface area contributed by atoms with E-state index >= 15 is 0 Å². The Bertz CT molecular complexity index is 1250. The number of halogens is 2. The molecule has 5 rings (SSSR count). The van der Waals surface area contributed by atoms with Gasteiger partial charge in [0.1, 0.15) is 23.7 Å². The zero-order chi connectivity index (χ0) is 26.3. The van der Waals surface area contributed by atoms with Gasteiger partial charge in [0.2, 0.25) is 0 Å². The number of nitrogens with zero attached hydrogens (tertiary/aromatic N) is 5. The summed E-state index contributed by atoms with van der Waals surface area (Å²) in [4.78, 5) is 13.0. The quantitative estimate of drug-likeness (QED) is 0.457. The van der Waals surface area contributed by atoms with Crippen molar-refractivity contribution < 1.29 is 18.3 Å². The molecule has 2 aromatic carbocycles. The normalized spacial score (nSPS) is 16.8. The molecule has 1 aromatic heterocycles. The highest BCUT2D eigenvalue weighted by Crippen LogP contribution is 2.28. The number of nitrogens with one attached hydrogen (secondary N) is 1. The predicted molar refractivity (Wildman–Crippen MR) is 141 cm³/mol. The molecular formula is C28H30F2N6O2. The Hall–Kier alpha value is -3.81. The lowest BCUT2D eigenvalue weighted by Gasteiger charge is -2.36. The first-order chi connectivity index (χ1) is 18.6. The molecule has 2 aliphatic heterocycles. The van der Waals surface area contributed by atoms with Crippen LogP contribution in [0.15, 0.2) is 54.7 Å². The third-order valence-corrected chi connectivity index (χ3v) is 6.75. The molecule has 3 aromatic rings. The Morgan fingerprint density at radius 3 is 2.53 bits per heavy atom. The third kappa shape index (κ3) is 6.54. The van der Waals surface area contributed by atoms with Crippen LogP contribution in [0.1, 0.15) is 18.4 Å². The van der Waals surface area contributed by atoms with E-state index in [2.05, 4.69) is 26.3 Å². The van der Waals surface area contributed by atoms with E-state index in [1.807, 2.05) is 30.3 Å². The van der Waals surface area contributed by atoms with Gasteiger partial charge < -0.3 is 19.7 Å². The summed E-state index contributed by atoms with van der Waals surface area (Å²) < 4.78 is 36.7.